The van der Waals surface area contributed by atoms with Crippen molar-refractivity contribution in [1.82, 2.24) is 0 Å². The van der Waals surface area contributed by atoms with Crippen LogP contribution in [0.3, 0.4) is 0 Å². The van der Waals surface area contributed by atoms with E-state index in [2.05, 4.69) is 32.3 Å². The highest BCUT2D eigenvalue weighted by Crippen LogP contribution is 1.68. The summed E-state index contributed by atoms with van der Waals surface area (Å²) in [6, 6.07) is 0. The lowest BCUT2D eigenvalue weighted by atomic mass is 11.0. The topological polar surface area (TPSA) is 81.8 Å². The maximum absolute atomic E-state index is 8.35. The highest BCUT2D eigenvalue weighted by Gasteiger charge is 1.35. The molecule has 0 aromatic heterocycles. The summed E-state index contributed by atoms with van der Waals surface area (Å²) in [5.74, 6) is 0. The first-order valence-electron chi connectivity index (χ1n) is 3.14. The molecule has 0 bridgehead atoms. The molecule has 2 atom stereocenters. The lowest BCUT2D eigenvalue weighted by molar-refractivity contribution is 0.562. The van der Waals surface area contributed by atoms with Crippen molar-refractivity contribution >= 4 is 30.6 Å². The number of carbonyl (C=O) groups excluding carboxylic acids is 2. The van der Waals surface area contributed by atoms with Crippen molar-refractivity contribution in [3.8, 4) is 0 Å². The van der Waals surface area contributed by atoms with E-state index >= 15 is 0 Å². The third-order valence-corrected chi connectivity index (χ3v) is 0. The van der Waals surface area contributed by atoms with E-state index in [4.69, 9.17) is 20.4 Å². The van der Waals surface area contributed by atoms with Gasteiger partial charge in [0.15, 0.2) is 0 Å². The van der Waals surface area contributed by atoms with Gasteiger partial charge in [-0.2, -0.15) is 0 Å². The van der Waals surface area contributed by atoms with Crippen LogP contribution in [0.1, 0.15) is 13.8 Å². The van der Waals surface area contributed by atoms with Crippen molar-refractivity contribution in [2.75, 3.05) is 12.3 Å². The van der Waals surface area contributed by atoms with Gasteiger partial charge in [-0.15, -0.1) is 18.5 Å². The van der Waals surface area contributed by atoms with Crippen molar-refractivity contribution in [2.24, 2.45) is 0 Å². The molecule has 0 radical (unpaired) electrons. The summed E-state index contributed by atoms with van der Waals surface area (Å²) in [6.07, 6.45) is 3.83. The van der Waals surface area contributed by atoms with Gasteiger partial charge in [0.05, 0.1) is 0 Å². The molecule has 0 aromatic rings. The fourth-order valence-electron chi connectivity index (χ4n) is 0. The third kappa shape index (κ3) is 4950. The number of nitrogens with one attached hydrogen (secondary N) is 2. The first-order valence-corrected chi connectivity index (χ1v) is 4.77. The average molecular weight is 210 g/mol. The number of hydrogen-bond acceptors (Lipinski definition) is 4. The van der Waals surface area contributed by atoms with Gasteiger partial charge in [0, 0.05) is 0 Å². The largest absolute Gasteiger partial charge is 0.231 e. The van der Waals surface area contributed by atoms with Gasteiger partial charge in [-0.3, -0.25) is 0 Å². The average Bonchev–Trinajstić information content (AvgIpc) is 1.92. The summed E-state index contributed by atoms with van der Waals surface area (Å²) >= 11 is 0. The Bertz CT molecular complexity index is 94.1. The Morgan fingerprint density at radius 2 is 1.00 bits per heavy atom. The highest BCUT2D eigenvalue weighted by molar-refractivity contribution is 7.16. The van der Waals surface area contributed by atoms with E-state index in [1.54, 1.807) is 0 Å². The molecule has 0 aromatic carbocycles. The van der Waals surface area contributed by atoms with Gasteiger partial charge in [-0.25, -0.2) is 20.4 Å². The van der Waals surface area contributed by atoms with Crippen molar-refractivity contribution in [3.63, 3.8) is 0 Å². The van der Waals surface area contributed by atoms with Crippen molar-refractivity contribution in [2.45, 2.75) is 13.8 Å². The number of isocyanates is 2. The molecule has 0 rings (SSSR count). The fraction of sp³-hybridized carbons (Fsp3) is 0.667. The second-order valence-corrected chi connectivity index (χ2v) is 2.65. The molecule has 0 aliphatic heterocycles. The Hall–Kier alpha value is -0.380. The van der Waals surface area contributed by atoms with Gasteiger partial charge in [0.25, 0.3) is 0 Å². The van der Waals surface area contributed by atoms with Crippen molar-refractivity contribution in [1.29, 1.82) is 10.8 Å². The van der Waals surface area contributed by atoms with E-state index in [0.717, 1.165) is 12.2 Å². The zero-order chi connectivity index (χ0) is 10.8. The van der Waals surface area contributed by atoms with Crippen molar-refractivity contribution in [3.05, 3.63) is 0 Å². The number of rotatable bonds is 0. The minimum Gasteiger partial charge on any atom is -0.222 e. The predicted molar refractivity (Wildman–Crippen MR) is 57.3 cm³/mol. The van der Waals surface area contributed by atoms with Gasteiger partial charge >= 0.3 is 0 Å². The summed E-state index contributed by atoms with van der Waals surface area (Å²) in [7, 11) is 5.16. The molecule has 12 heavy (non-hydrogen) atoms. The van der Waals surface area contributed by atoms with Crippen LogP contribution >= 0.6 is 18.5 Å². The van der Waals surface area contributed by atoms with Crippen molar-refractivity contribution < 1.29 is 9.59 Å². The highest BCUT2D eigenvalue weighted by atomic mass is 31.0. The number of hydrogen-bond donors (Lipinski definition) is 2. The minimum atomic E-state index is 0.750. The molecule has 0 saturated heterocycles. The molecule has 0 aliphatic rings. The monoisotopic (exact) mass is 210 g/mol. The molecule has 0 amide bonds. The first kappa shape index (κ1) is 22.6. The molecule has 0 saturated carbocycles. The lowest BCUT2D eigenvalue weighted by Gasteiger charge is -1.49. The van der Waals surface area contributed by atoms with Crippen LogP contribution in [0.15, 0.2) is 0 Å². The van der Waals surface area contributed by atoms with E-state index in [1.165, 1.54) is 12.3 Å². The zero-order valence-electron chi connectivity index (χ0n) is 7.39. The Labute approximate surface area is 77.9 Å². The van der Waals surface area contributed by atoms with Gasteiger partial charge in [-0.1, -0.05) is 13.8 Å². The molecule has 0 spiro atoms. The third-order valence-electron chi connectivity index (χ3n) is 0. The molecule has 0 heterocycles. The molecule has 2 unspecified atom stereocenters. The van der Waals surface area contributed by atoms with E-state index in [9.17, 15) is 0 Å². The first-order chi connectivity index (χ1) is 5.66. The minimum absolute atomic E-state index is 0.750. The molecule has 0 aliphatic carbocycles. The summed E-state index contributed by atoms with van der Waals surface area (Å²) in [5.41, 5.74) is 0. The molecule has 0 fully saturated rings. The van der Waals surface area contributed by atoms with E-state index < -0.39 is 0 Å². The maximum Gasteiger partial charge on any atom is 0.231 e. The van der Waals surface area contributed by atoms with Crippen LogP contribution in [-0.2, 0) is 9.59 Å². The zero-order valence-corrected chi connectivity index (χ0v) is 9.69. The van der Waals surface area contributed by atoms with Gasteiger partial charge in [0.2, 0.25) is 12.2 Å². The van der Waals surface area contributed by atoms with Gasteiger partial charge in [0.1, 0.15) is 0 Å². The molecule has 72 valence electrons. The molecular formula is C6H16N2O2P2. The quantitative estimate of drug-likeness (QED) is 0.361. The molecular weight excluding hydrogens is 194 g/mol. The Morgan fingerprint density at radius 1 is 1.00 bits per heavy atom. The smallest absolute Gasteiger partial charge is 0.222 e. The molecule has 4 nitrogen and oxygen atoms in total. The molecule has 6 heteroatoms. The maximum atomic E-state index is 8.35. The second-order valence-electron chi connectivity index (χ2n) is 1.02. The Balaban J connectivity index is -0.0000000356. The normalized spacial score (nSPS) is 4.33. The Kier molecular flexibility index (Phi) is 141. The fourth-order valence-corrected chi connectivity index (χ4v) is 0. The van der Waals surface area contributed by atoms with Crippen LogP contribution in [0.25, 0.3) is 0 Å². The second kappa shape index (κ2) is 75.0. The van der Waals surface area contributed by atoms with Crippen LogP contribution < -0.4 is 0 Å². The van der Waals surface area contributed by atoms with Crippen LogP contribution in [-0.4, -0.2) is 24.5 Å². The Morgan fingerprint density at radius 3 is 1.00 bits per heavy atom. The summed E-state index contributed by atoms with van der Waals surface area (Å²) in [4.78, 5) is 16.7. The van der Waals surface area contributed by atoms with Gasteiger partial charge < -0.3 is 0 Å². The SMILES string of the molecule is CCP.CCP.N=C=O.N=C=O. The van der Waals surface area contributed by atoms with Crippen LogP contribution in [0, 0.1) is 10.8 Å². The van der Waals surface area contributed by atoms with Crippen LogP contribution in [0.4, 0.5) is 0 Å². The molecule has 2 N–H and O–H groups in total. The summed E-state index contributed by atoms with van der Waals surface area (Å²) in [5, 5.41) is 10.8. The lowest BCUT2D eigenvalue weighted by Crippen LogP contribution is -1.33. The standard InChI is InChI=1S/2C2H7P.2CHNO/c2*1-2-3;2*2-1-3/h2*2-3H2,1H3;2*2H. The van der Waals surface area contributed by atoms with E-state index in [-0.39, 0.29) is 0 Å². The van der Waals surface area contributed by atoms with Crippen LogP contribution in [0.5, 0.6) is 0 Å². The van der Waals surface area contributed by atoms with Crippen LogP contribution in [0.2, 0.25) is 0 Å². The summed E-state index contributed by atoms with van der Waals surface area (Å²) in [6.45, 7) is 4.18. The summed E-state index contributed by atoms with van der Waals surface area (Å²) < 4.78 is 0. The predicted octanol–water partition coefficient (Wildman–Crippen LogP) is 1.56. The van der Waals surface area contributed by atoms with E-state index in [0.29, 0.717) is 0 Å². The van der Waals surface area contributed by atoms with E-state index in [1.807, 2.05) is 0 Å². The van der Waals surface area contributed by atoms with Gasteiger partial charge in [-0.05, 0) is 12.3 Å².